The number of ether oxygens (including phenoxy) is 2. The fourth-order valence-corrected chi connectivity index (χ4v) is 3.23. The van der Waals surface area contributed by atoms with Gasteiger partial charge >= 0.3 is 0 Å². The van der Waals surface area contributed by atoms with Gasteiger partial charge in [0.2, 0.25) is 5.88 Å². The number of hydrogen-bond acceptors (Lipinski definition) is 6. The van der Waals surface area contributed by atoms with Gasteiger partial charge in [0.15, 0.2) is 0 Å². The van der Waals surface area contributed by atoms with Crippen LogP contribution >= 0.6 is 0 Å². The Morgan fingerprint density at radius 2 is 2.13 bits per heavy atom. The largest absolute Gasteiger partial charge is 0.495 e. The van der Waals surface area contributed by atoms with Crippen molar-refractivity contribution in [2.75, 3.05) is 20.3 Å². The molecule has 31 heavy (non-hydrogen) atoms. The van der Waals surface area contributed by atoms with Crippen molar-refractivity contribution < 1.29 is 14.3 Å². The Morgan fingerprint density at radius 1 is 1.26 bits per heavy atom. The number of fused-ring (bicyclic) bond motifs is 1. The first-order valence-corrected chi connectivity index (χ1v) is 10.4. The summed E-state index contributed by atoms with van der Waals surface area (Å²) in [7, 11) is 1.60. The highest BCUT2D eigenvalue weighted by molar-refractivity contribution is 5.94. The van der Waals surface area contributed by atoms with E-state index in [1.54, 1.807) is 25.7 Å². The van der Waals surface area contributed by atoms with Gasteiger partial charge in [-0.1, -0.05) is 13.0 Å². The van der Waals surface area contributed by atoms with E-state index in [-0.39, 0.29) is 12.5 Å². The van der Waals surface area contributed by atoms with E-state index < -0.39 is 0 Å². The lowest BCUT2D eigenvalue weighted by Gasteiger charge is -2.29. The zero-order chi connectivity index (χ0) is 22.1. The van der Waals surface area contributed by atoms with Crippen molar-refractivity contribution in [2.45, 2.75) is 33.2 Å². The first-order chi connectivity index (χ1) is 15.1. The number of allylic oxidation sites excluding steroid dienone is 2. The Balaban J connectivity index is 1.61. The van der Waals surface area contributed by atoms with Crippen molar-refractivity contribution >= 4 is 12.1 Å². The Morgan fingerprint density at radius 3 is 2.84 bits per heavy atom. The average molecular weight is 421 g/mol. The van der Waals surface area contributed by atoms with Crippen LogP contribution < -0.4 is 4.74 Å². The number of amides is 1. The Bertz CT molecular complexity index is 981. The second kappa shape index (κ2) is 11.1. The second-order valence-corrected chi connectivity index (χ2v) is 7.04. The predicted molar refractivity (Wildman–Crippen MR) is 120 cm³/mol. The summed E-state index contributed by atoms with van der Waals surface area (Å²) in [4.78, 5) is 27.6. The molecule has 0 aromatic carbocycles. The number of aromatic nitrogens is 2. The molecule has 2 aromatic heterocycles. The Kier molecular flexibility index (Phi) is 7.92. The molecule has 2 aromatic rings. The topological polar surface area (TPSA) is 76.9 Å². The maximum absolute atomic E-state index is 12.9. The number of rotatable bonds is 8. The maximum Gasteiger partial charge on any atom is 0.255 e. The highest BCUT2D eigenvalue weighted by atomic mass is 16.5. The van der Waals surface area contributed by atoms with Crippen molar-refractivity contribution in [3.8, 4) is 5.88 Å². The summed E-state index contributed by atoms with van der Waals surface area (Å²) in [5.41, 5.74) is 3.79. The van der Waals surface area contributed by atoms with Gasteiger partial charge in [-0.05, 0) is 49.1 Å². The zero-order valence-electron chi connectivity index (χ0n) is 18.2. The van der Waals surface area contributed by atoms with Crippen molar-refractivity contribution in [1.82, 2.24) is 14.9 Å². The maximum atomic E-state index is 12.9. The van der Waals surface area contributed by atoms with Gasteiger partial charge < -0.3 is 14.4 Å². The smallest absolute Gasteiger partial charge is 0.255 e. The molecule has 7 heteroatoms. The van der Waals surface area contributed by atoms with E-state index in [9.17, 15) is 4.79 Å². The predicted octanol–water partition coefficient (Wildman–Crippen LogP) is 3.75. The summed E-state index contributed by atoms with van der Waals surface area (Å²) in [6.07, 6.45) is 12.1. The van der Waals surface area contributed by atoms with Gasteiger partial charge in [-0.25, -0.2) is 4.98 Å². The van der Waals surface area contributed by atoms with E-state index in [1.165, 1.54) is 0 Å². The SMILES string of the molecule is C/C=C\C(=C/N=CCOc1cc2c(cn1)CCN(C(=O)c1ccc(CC)nc1)C2)OC. The van der Waals surface area contributed by atoms with E-state index in [4.69, 9.17) is 9.47 Å². The number of aryl methyl sites for hydroxylation is 1. The van der Waals surface area contributed by atoms with Crippen LogP contribution in [0.2, 0.25) is 0 Å². The number of pyridine rings is 2. The molecule has 0 bridgehead atoms. The van der Waals surface area contributed by atoms with Gasteiger partial charge in [-0.15, -0.1) is 0 Å². The van der Waals surface area contributed by atoms with Crippen LogP contribution in [0.15, 0.2) is 59.7 Å². The number of nitrogens with zero attached hydrogens (tertiary/aromatic N) is 4. The minimum atomic E-state index is -0.00548. The molecule has 0 radical (unpaired) electrons. The van der Waals surface area contributed by atoms with Gasteiger partial charge in [-0.2, -0.15) is 0 Å². The normalized spacial score (nSPS) is 14.2. The minimum absolute atomic E-state index is 0.00548. The molecule has 0 aliphatic carbocycles. The fourth-order valence-electron chi connectivity index (χ4n) is 3.23. The highest BCUT2D eigenvalue weighted by Crippen LogP contribution is 2.23. The summed E-state index contributed by atoms with van der Waals surface area (Å²) in [6.45, 7) is 5.43. The van der Waals surface area contributed by atoms with Crippen molar-refractivity contribution in [3.63, 3.8) is 0 Å². The molecule has 0 saturated carbocycles. The van der Waals surface area contributed by atoms with Crippen LogP contribution in [0.4, 0.5) is 0 Å². The summed E-state index contributed by atoms with van der Waals surface area (Å²) < 4.78 is 10.9. The number of carbonyl (C=O) groups excluding carboxylic acids is 1. The van der Waals surface area contributed by atoms with E-state index in [0.717, 1.165) is 29.7 Å². The fraction of sp³-hybridized carbons (Fsp3) is 0.333. The first-order valence-electron chi connectivity index (χ1n) is 10.4. The standard InChI is InChI=1S/C24H28N4O3/c1-4-6-22(30-3)16-25-10-12-31-23-13-20-17-28(11-9-18(20)14-27-23)24(29)19-7-8-21(5-2)26-15-19/h4,6-8,10,13-16H,5,9,11-12,17H2,1-3H3/b6-4-,22-16+,25-10?. The summed E-state index contributed by atoms with van der Waals surface area (Å²) in [6, 6.07) is 5.66. The molecule has 0 spiro atoms. The minimum Gasteiger partial charge on any atom is -0.495 e. The number of carbonyl (C=O) groups is 1. The summed E-state index contributed by atoms with van der Waals surface area (Å²) in [5.74, 6) is 1.17. The number of methoxy groups -OCH3 is 1. The van der Waals surface area contributed by atoms with Crippen LogP contribution in [-0.2, 0) is 24.1 Å². The van der Waals surface area contributed by atoms with Crippen molar-refractivity contribution in [1.29, 1.82) is 0 Å². The third kappa shape index (κ3) is 6.01. The quantitative estimate of drug-likeness (QED) is 0.369. The van der Waals surface area contributed by atoms with E-state index >= 15 is 0 Å². The molecule has 0 atom stereocenters. The zero-order valence-corrected chi connectivity index (χ0v) is 18.2. The molecule has 1 aliphatic heterocycles. The molecule has 1 aliphatic rings. The van der Waals surface area contributed by atoms with Crippen LogP contribution in [0, 0.1) is 0 Å². The molecule has 3 heterocycles. The van der Waals surface area contributed by atoms with Crippen LogP contribution in [0.3, 0.4) is 0 Å². The molecule has 0 unspecified atom stereocenters. The Hall–Kier alpha value is -3.48. The number of aliphatic imine (C=N–C) groups is 1. The van der Waals surface area contributed by atoms with Crippen LogP contribution in [0.5, 0.6) is 5.88 Å². The van der Waals surface area contributed by atoms with Gasteiger partial charge in [0, 0.05) is 43.5 Å². The van der Waals surface area contributed by atoms with Gasteiger partial charge in [-0.3, -0.25) is 14.8 Å². The van der Waals surface area contributed by atoms with Gasteiger partial charge in [0.05, 0.1) is 18.9 Å². The molecule has 1 amide bonds. The lowest BCUT2D eigenvalue weighted by atomic mass is 10.0. The molecule has 0 fully saturated rings. The second-order valence-electron chi connectivity index (χ2n) is 7.04. The molecular weight excluding hydrogens is 392 g/mol. The Labute approximate surface area is 183 Å². The molecule has 162 valence electrons. The van der Waals surface area contributed by atoms with Crippen LogP contribution in [0.1, 0.15) is 41.0 Å². The summed E-state index contributed by atoms with van der Waals surface area (Å²) >= 11 is 0. The van der Waals surface area contributed by atoms with Crippen molar-refractivity contribution in [2.24, 2.45) is 4.99 Å². The molecule has 0 saturated heterocycles. The highest BCUT2D eigenvalue weighted by Gasteiger charge is 2.22. The van der Waals surface area contributed by atoms with E-state index in [1.807, 2.05) is 55.3 Å². The van der Waals surface area contributed by atoms with Crippen LogP contribution in [0.25, 0.3) is 0 Å². The van der Waals surface area contributed by atoms with Gasteiger partial charge in [0.1, 0.15) is 12.4 Å². The number of hydrogen-bond donors (Lipinski definition) is 0. The molecular formula is C24H28N4O3. The molecule has 7 nitrogen and oxygen atoms in total. The lowest BCUT2D eigenvalue weighted by molar-refractivity contribution is 0.0733. The van der Waals surface area contributed by atoms with Gasteiger partial charge in [0.25, 0.3) is 5.91 Å². The van der Waals surface area contributed by atoms with Crippen molar-refractivity contribution in [3.05, 3.63) is 77.1 Å². The average Bonchev–Trinajstić information content (AvgIpc) is 2.82. The molecule has 3 rings (SSSR count). The first kappa shape index (κ1) is 22.2. The lowest BCUT2D eigenvalue weighted by Crippen LogP contribution is -2.36. The van der Waals surface area contributed by atoms with Crippen LogP contribution in [-0.4, -0.2) is 47.3 Å². The monoisotopic (exact) mass is 420 g/mol. The van der Waals surface area contributed by atoms with E-state index in [2.05, 4.69) is 15.0 Å². The molecule has 0 N–H and O–H groups in total. The van der Waals surface area contributed by atoms with E-state index in [0.29, 0.717) is 30.3 Å². The summed E-state index contributed by atoms with van der Waals surface area (Å²) in [5, 5.41) is 0. The third-order valence-electron chi connectivity index (χ3n) is 4.97. The third-order valence-corrected chi connectivity index (χ3v) is 4.97.